The second-order valence-electron chi connectivity index (χ2n) is 2.31. The minimum atomic E-state index is -0.146. The number of benzene rings is 1. The number of rotatable bonds is 0. The SMILES string of the molecule is CC.CC.Cc1cc(C)cc(F)c1. The van der Waals surface area contributed by atoms with E-state index in [4.69, 9.17) is 0 Å². The van der Waals surface area contributed by atoms with Crippen LogP contribution in [0.15, 0.2) is 18.2 Å². The summed E-state index contributed by atoms with van der Waals surface area (Å²) < 4.78 is 12.4. The molecular weight excluding hydrogens is 163 g/mol. The molecule has 0 nitrogen and oxygen atoms in total. The molecule has 0 saturated carbocycles. The predicted octanol–water partition coefficient (Wildman–Crippen LogP) is 4.49. The second kappa shape index (κ2) is 9.24. The van der Waals surface area contributed by atoms with Gasteiger partial charge in [-0.2, -0.15) is 0 Å². The van der Waals surface area contributed by atoms with Crippen LogP contribution in [-0.2, 0) is 0 Å². The molecule has 1 rings (SSSR count). The molecule has 13 heavy (non-hydrogen) atoms. The number of hydrogen-bond donors (Lipinski definition) is 0. The Kier molecular flexibility index (Phi) is 10.4. The Balaban J connectivity index is 0. The van der Waals surface area contributed by atoms with Gasteiger partial charge in [-0.05, 0) is 37.1 Å². The lowest BCUT2D eigenvalue weighted by Gasteiger charge is -1.94. The molecule has 0 fully saturated rings. The van der Waals surface area contributed by atoms with E-state index in [1.165, 1.54) is 12.1 Å². The van der Waals surface area contributed by atoms with Gasteiger partial charge in [0.25, 0.3) is 0 Å². The summed E-state index contributed by atoms with van der Waals surface area (Å²) in [6.07, 6.45) is 0. The van der Waals surface area contributed by atoms with Gasteiger partial charge in [-0.25, -0.2) is 4.39 Å². The molecule has 0 amide bonds. The van der Waals surface area contributed by atoms with E-state index < -0.39 is 0 Å². The smallest absolute Gasteiger partial charge is 0.123 e. The Morgan fingerprint density at radius 3 is 1.31 bits per heavy atom. The van der Waals surface area contributed by atoms with Crippen molar-refractivity contribution in [1.82, 2.24) is 0 Å². The first kappa shape index (κ1) is 14.7. The molecule has 0 aliphatic rings. The van der Waals surface area contributed by atoms with Crippen LogP contribution >= 0.6 is 0 Å². The molecule has 0 spiro atoms. The fourth-order valence-corrected chi connectivity index (χ4v) is 0.919. The fourth-order valence-electron chi connectivity index (χ4n) is 0.919. The van der Waals surface area contributed by atoms with Crippen LogP contribution in [0.3, 0.4) is 0 Å². The maximum atomic E-state index is 12.4. The minimum absolute atomic E-state index is 0.146. The lowest BCUT2D eigenvalue weighted by atomic mass is 10.2. The van der Waals surface area contributed by atoms with Gasteiger partial charge in [0.2, 0.25) is 0 Å². The molecule has 0 atom stereocenters. The molecule has 1 heteroatoms. The third-order valence-corrected chi connectivity index (χ3v) is 1.19. The zero-order valence-electron chi connectivity index (χ0n) is 9.61. The molecule has 0 unspecified atom stereocenters. The summed E-state index contributed by atoms with van der Waals surface area (Å²) in [5, 5.41) is 0. The Hall–Kier alpha value is -0.850. The fraction of sp³-hybridized carbons (Fsp3) is 0.500. The molecule has 1 aromatic carbocycles. The summed E-state index contributed by atoms with van der Waals surface area (Å²) in [6.45, 7) is 11.8. The Labute approximate surface area is 81.8 Å². The summed E-state index contributed by atoms with van der Waals surface area (Å²) in [6, 6.07) is 4.99. The van der Waals surface area contributed by atoms with E-state index in [0.717, 1.165) is 11.1 Å². The van der Waals surface area contributed by atoms with Crippen molar-refractivity contribution < 1.29 is 4.39 Å². The van der Waals surface area contributed by atoms with Crippen LogP contribution in [0.2, 0.25) is 0 Å². The highest BCUT2D eigenvalue weighted by molar-refractivity contribution is 5.21. The second-order valence-corrected chi connectivity index (χ2v) is 2.31. The standard InChI is InChI=1S/C8H9F.2C2H6/c1-6-3-7(2)5-8(9)4-6;2*1-2/h3-5H,1-2H3;2*1-2H3. The third-order valence-electron chi connectivity index (χ3n) is 1.19. The topological polar surface area (TPSA) is 0 Å². The van der Waals surface area contributed by atoms with Crippen LogP contribution in [0.5, 0.6) is 0 Å². The third kappa shape index (κ3) is 7.51. The van der Waals surface area contributed by atoms with Crippen molar-refractivity contribution in [3.05, 3.63) is 35.1 Å². The average molecular weight is 184 g/mol. The highest BCUT2D eigenvalue weighted by atomic mass is 19.1. The number of aryl methyl sites for hydroxylation is 2. The van der Waals surface area contributed by atoms with Crippen molar-refractivity contribution in [2.75, 3.05) is 0 Å². The summed E-state index contributed by atoms with van der Waals surface area (Å²) in [7, 11) is 0. The Morgan fingerprint density at radius 1 is 0.769 bits per heavy atom. The van der Waals surface area contributed by atoms with Crippen LogP contribution in [-0.4, -0.2) is 0 Å². The first-order valence-corrected chi connectivity index (χ1v) is 4.92. The van der Waals surface area contributed by atoms with Crippen molar-refractivity contribution in [2.45, 2.75) is 41.5 Å². The quantitative estimate of drug-likeness (QED) is 0.557. The van der Waals surface area contributed by atoms with Crippen LogP contribution in [0, 0.1) is 19.7 Å². The lowest BCUT2D eigenvalue weighted by molar-refractivity contribution is 0.625. The van der Waals surface area contributed by atoms with E-state index in [-0.39, 0.29) is 5.82 Å². The van der Waals surface area contributed by atoms with Crippen LogP contribution in [0.4, 0.5) is 4.39 Å². The van der Waals surface area contributed by atoms with Gasteiger partial charge in [0, 0.05) is 0 Å². The summed E-state index contributed by atoms with van der Waals surface area (Å²) in [5.41, 5.74) is 1.96. The molecule has 0 saturated heterocycles. The Morgan fingerprint density at radius 2 is 1.08 bits per heavy atom. The van der Waals surface area contributed by atoms with Gasteiger partial charge in [0.15, 0.2) is 0 Å². The van der Waals surface area contributed by atoms with Crippen molar-refractivity contribution in [3.8, 4) is 0 Å². The van der Waals surface area contributed by atoms with Gasteiger partial charge >= 0.3 is 0 Å². The lowest BCUT2D eigenvalue weighted by Crippen LogP contribution is -1.79. The number of hydrogen-bond acceptors (Lipinski definition) is 0. The van der Waals surface area contributed by atoms with Gasteiger partial charge in [-0.15, -0.1) is 0 Å². The maximum absolute atomic E-state index is 12.4. The molecule has 76 valence electrons. The minimum Gasteiger partial charge on any atom is -0.207 e. The van der Waals surface area contributed by atoms with Crippen molar-refractivity contribution in [3.63, 3.8) is 0 Å². The van der Waals surface area contributed by atoms with Crippen LogP contribution < -0.4 is 0 Å². The van der Waals surface area contributed by atoms with Gasteiger partial charge in [-0.1, -0.05) is 33.8 Å². The van der Waals surface area contributed by atoms with Crippen molar-refractivity contribution in [2.24, 2.45) is 0 Å². The van der Waals surface area contributed by atoms with Gasteiger partial charge in [-0.3, -0.25) is 0 Å². The van der Waals surface area contributed by atoms with E-state index in [0.29, 0.717) is 0 Å². The van der Waals surface area contributed by atoms with E-state index in [9.17, 15) is 4.39 Å². The highest BCUT2D eigenvalue weighted by Crippen LogP contribution is 2.05. The largest absolute Gasteiger partial charge is 0.207 e. The molecule has 0 radical (unpaired) electrons. The zero-order valence-corrected chi connectivity index (χ0v) is 9.61. The van der Waals surface area contributed by atoms with E-state index in [2.05, 4.69) is 0 Å². The van der Waals surface area contributed by atoms with Gasteiger partial charge < -0.3 is 0 Å². The molecule has 0 aromatic heterocycles. The molecular formula is C12H21F. The molecule has 0 N–H and O–H groups in total. The molecule has 0 bridgehead atoms. The summed E-state index contributed by atoms with van der Waals surface area (Å²) in [4.78, 5) is 0. The van der Waals surface area contributed by atoms with Crippen molar-refractivity contribution in [1.29, 1.82) is 0 Å². The monoisotopic (exact) mass is 184 g/mol. The molecule has 0 aliphatic heterocycles. The number of halogens is 1. The molecule has 1 aromatic rings. The molecule has 0 heterocycles. The Bertz CT molecular complexity index is 166. The van der Waals surface area contributed by atoms with Gasteiger partial charge in [0.1, 0.15) is 5.82 Å². The van der Waals surface area contributed by atoms with Crippen molar-refractivity contribution >= 4 is 0 Å². The normalized spacial score (nSPS) is 7.62. The summed E-state index contributed by atoms with van der Waals surface area (Å²) in [5.74, 6) is -0.146. The highest BCUT2D eigenvalue weighted by Gasteiger charge is 1.90. The van der Waals surface area contributed by atoms with Crippen LogP contribution in [0.1, 0.15) is 38.8 Å². The maximum Gasteiger partial charge on any atom is 0.123 e. The van der Waals surface area contributed by atoms with E-state index in [1.54, 1.807) is 0 Å². The molecule has 0 aliphatic carbocycles. The zero-order chi connectivity index (χ0) is 10.9. The first-order valence-electron chi connectivity index (χ1n) is 4.92. The van der Waals surface area contributed by atoms with Crippen LogP contribution in [0.25, 0.3) is 0 Å². The first-order chi connectivity index (χ1) is 6.18. The predicted molar refractivity (Wildman–Crippen MR) is 58.6 cm³/mol. The van der Waals surface area contributed by atoms with E-state index in [1.807, 2.05) is 47.6 Å². The van der Waals surface area contributed by atoms with E-state index >= 15 is 0 Å². The summed E-state index contributed by atoms with van der Waals surface area (Å²) >= 11 is 0. The van der Waals surface area contributed by atoms with Gasteiger partial charge in [0.05, 0.1) is 0 Å². The average Bonchev–Trinajstić information content (AvgIpc) is 2.09.